The van der Waals surface area contributed by atoms with Crippen molar-refractivity contribution in [2.45, 2.75) is 56.9 Å². The van der Waals surface area contributed by atoms with Crippen molar-refractivity contribution in [3.05, 3.63) is 82.4 Å². The number of hydrogen-bond acceptors (Lipinski definition) is 4. The normalized spacial score (nSPS) is 25.1. The van der Waals surface area contributed by atoms with Crippen molar-refractivity contribution in [1.29, 1.82) is 0 Å². The van der Waals surface area contributed by atoms with Crippen molar-refractivity contribution in [2.75, 3.05) is 7.05 Å². The van der Waals surface area contributed by atoms with Crippen LogP contribution in [0.1, 0.15) is 59.6 Å². The van der Waals surface area contributed by atoms with Crippen LogP contribution in [0.5, 0.6) is 0 Å². The van der Waals surface area contributed by atoms with Crippen LogP contribution in [0.3, 0.4) is 0 Å². The van der Waals surface area contributed by atoms with Crippen LogP contribution in [-0.4, -0.2) is 52.3 Å². The lowest BCUT2D eigenvalue weighted by atomic mass is 9.94. The largest absolute Gasteiger partial charge is 0.478 e. The van der Waals surface area contributed by atoms with E-state index in [-0.39, 0.29) is 6.10 Å². The molecule has 0 amide bonds. The average molecular weight is 462 g/mol. The highest BCUT2D eigenvalue weighted by Crippen LogP contribution is 2.41. The minimum atomic E-state index is -1.26. The van der Waals surface area contributed by atoms with Gasteiger partial charge < -0.3 is 19.8 Å². The van der Waals surface area contributed by atoms with E-state index in [2.05, 4.69) is 73.5 Å². The van der Waals surface area contributed by atoms with Gasteiger partial charge in [-0.15, -0.1) is 0 Å². The molecule has 178 valence electrons. The predicted molar refractivity (Wildman–Crippen MR) is 131 cm³/mol. The standard InChI is InChI=1S/C24H27NO.C4H4O4/c1-16-7-8-18-10-9-17-5-3-4-6-22(17)24(23(18)13-16)26-21-14-19-11-12-20(15-21)25(19)2;5-3(6)1-2-4(7)8/h3-10,13,19-21,24H,11-12,14-15H2,1-2H3;1-2H,(H,5,6)(H,7,8)/b;2-1-/t19-,20+,21?,24?;. The van der Waals surface area contributed by atoms with Crippen molar-refractivity contribution in [3.63, 3.8) is 0 Å². The third-order valence-electron chi connectivity index (χ3n) is 7.00. The molecule has 4 atom stereocenters. The van der Waals surface area contributed by atoms with Gasteiger partial charge in [-0.25, -0.2) is 9.59 Å². The lowest BCUT2D eigenvalue weighted by Gasteiger charge is -2.38. The molecule has 2 aromatic rings. The number of carboxylic acids is 2. The van der Waals surface area contributed by atoms with Crippen LogP contribution in [0, 0.1) is 6.92 Å². The maximum absolute atomic E-state index is 9.55. The summed E-state index contributed by atoms with van der Waals surface area (Å²) >= 11 is 0. The zero-order valence-corrected chi connectivity index (χ0v) is 19.6. The van der Waals surface area contributed by atoms with Crippen molar-refractivity contribution < 1.29 is 24.5 Å². The Labute approximate surface area is 200 Å². The van der Waals surface area contributed by atoms with Crippen LogP contribution in [0.25, 0.3) is 12.2 Å². The number of rotatable bonds is 4. The fourth-order valence-electron chi connectivity index (χ4n) is 5.28. The Morgan fingerprint density at radius 1 is 0.912 bits per heavy atom. The van der Waals surface area contributed by atoms with Crippen molar-refractivity contribution in [3.8, 4) is 0 Å². The lowest BCUT2D eigenvalue weighted by molar-refractivity contribution is -0.134. The second kappa shape index (κ2) is 10.4. The number of carboxylic acid groups (broad SMARTS) is 2. The van der Waals surface area contributed by atoms with Crippen LogP contribution >= 0.6 is 0 Å². The average Bonchev–Trinajstić information content (AvgIpc) is 2.97. The molecule has 2 fully saturated rings. The zero-order valence-electron chi connectivity index (χ0n) is 19.6. The number of hydrogen-bond donors (Lipinski definition) is 2. The summed E-state index contributed by atoms with van der Waals surface area (Å²) < 4.78 is 6.88. The molecule has 0 saturated carbocycles. The molecule has 2 saturated heterocycles. The first kappa shape index (κ1) is 23.9. The van der Waals surface area contributed by atoms with Gasteiger partial charge in [-0.1, -0.05) is 60.2 Å². The molecule has 2 bridgehead atoms. The number of ether oxygens (including phenoxy) is 1. The van der Waals surface area contributed by atoms with Gasteiger partial charge in [0.25, 0.3) is 0 Å². The summed E-state index contributed by atoms with van der Waals surface area (Å²) in [5.41, 5.74) is 6.49. The van der Waals surface area contributed by atoms with Crippen LogP contribution in [0.4, 0.5) is 0 Å². The molecule has 6 heteroatoms. The van der Waals surface area contributed by atoms with Crippen LogP contribution in [-0.2, 0) is 14.3 Å². The topological polar surface area (TPSA) is 87.1 Å². The molecular formula is C28H31NO5. The Morgan fingerprint density at radius 3 is 2.12 bits per heavy atom. The number of benzene rings is 2. The van der Waals surface area contributed by atoms with E-state index in [9.17, 15) is 9.59 Å². The first-order chi connectivity index (χ1) is 16.3. The third-order valence-corrected chi connectivity index (χ3v) is 7.00. The molecule has 34 heavy (non-hydrogen) atoms. The van der Waals surface area contributed by atoms with Crippen molar-refractivity contribution >= 4 is 24.1 Å². The Morgan fingerprint density at radius 2 is 1.50 bits per heavy atom. The zero-order chi connectivity index (χ0) is 24.2. The summed E-state index contributed by atoms with van der Waals surface area (Å²) in [6.07, 6.45) is 11.0. The van der Waals surface area contributed by atoms with E-state index in [1.807, 2.05) is 0 Å². The van der Waals surface area contributed by atoms with Crippen LogP contribution in [0.15, 0.2) is 54.6 Å². The van der Waals surface area contributed by atoms with E-state index in [4.69, 9.17) is 14.9 Å². The van der Waals surface area contributed by atoms with Gasteiger partial charge in [0.05, 0.1) is 6.10 Å². The fourth-order valence-corrected chi connectivity index (χ4v) is 5.28. The molecule has 1 aliphatic carbocycles. The van der Waals surface area contributed by atoms with Gasteiger partial charge in [0.15, 0.2) is 0 Å². The summed E-state index contributed by atoms with van der Waals surface area (Å²) in [7, 11) is 2.29. The van der Waals surface area contributed by atoms with E-state index in [0.717, 1.165) is 0 Å². The highest BCUT2D eigenvalue weighted by molar-refractivity contribution is 5.89. The molecule has 0 spiro atoms. The number of carbonyl (C=O) groups is 2. The first-order valence-electron chi connectivity index (χ1n) is 11.7. The maximum atomic E-state index is 9.55. The number of fused-ring (bicyclic) bond motifs is 4. The van der Waals surface area contributed by atoms with Gasteiger partial charge in [0, 0.05) is 24.2 Å². The van der Waals surface area contributed by atoms with Gasteiger partial charge >= 0.3 is 11.9 Å². The second-order valence-electron chi connectivity index (χ2n) is 9.26. The molecule has 5 rings (SSSR count). The minimum Gasteiger partial charge on any atom is -0.478 e. The van der Waals surface area contributed by atoms with Crippen molar-refractivity contribution in [2.24, 2.45) is 0 Å². The highest BCUT2D eigenvalue weighted by atomic mass is 16.5. The van der Waals surface area contributed by atoms with E-state index in [0.29, 0.717) is 30.3 Å². The Kier molecular flexibility index (Phi) is 7.29. The fraction of sp³-hybridized carbons (Fsp3) is 0.357. The number of piperidine rings is 1. The summed E-state index contributed by atoms with van der Waals surface area (Å²) in [6, 6.07) is 16.9. The Balaban J connectivity index is 0.000000297. The minimum absolute atomic E-state index is 0.0314. The monoisotopic (exact) mass is 461 g/mol. The smallest absolute Gasteiger partial charge is 0.328 e. The van der Waals surface area contributed by atoms with Gasteiger partial charge in [-0.3, -0.25) is 0 Å². The Bertz CT molecular complexity index is 1090. The summed E-state index contributed by atoms with van der Waals surface area (Å²) in [6.45, 7) is 2.17. The SMILES string of the molecule is Cc1ccc2c(c1)C(OC1C[C@H]3CC[C@@H](C1)N3C)c1ccccc1C=C2.O=C(O)/C=C\C(=O)O. The highest BCUT2D eigenvalue weighted by Gasteiger charge is 2.40. The van der Waals surface area contributed by atoms with Gasteiger partial charge in [0.1, 0.15) is 6.10 Å². The van der Waals surface area contributed by atoms with E-state index >= 15 is 0 Å². The number of nitrogens with zero attached hydrogens (tertiary/aromatic N) is 1. The van der Waals surface area contributed by atoms with E-state index in [1.165, 1.54) is 53.5 Å². The number of aliphatic carboxylic acids is 2. The molecule has 2 N–H and O–H groups in total. The molecule has 2 aliphatic heterocycles. The molecule has 2 heterocycles. The molecule has 3 aliphatic rings. The molecule has 6 nitrogen and oxygen atoms in total. The molecular weight excluding hydrogens is 430 g/mol. The molecule has 2 unspecified atom stereocenters. The number of aryl methyl sites for hydroxylation is 1. The lowest BCUT2D eigenvalue weighted by Crippen LogP contribution is -2.43. The van der Waals surface area contributed by atoms with Gasteiger partial charge in [-0.2, -0.15) is 0 Å². The molecule has 0 aromatic heterocycles. The molecule has 2 aromatic carbocycles. The van der Waals surface area contributed by atoms with Gasteiger partial charge in [-0.05, 0) is 61.9 Å². The molecule has 0 radical (unpaired) electrons. The van der Waals surface area contributed by atoms with Crippen LogP contribution in [0.2, 0.25) is 0 Å². The van der Waals surface area contributed by atoms with E-state index in [1.54, 1.807) is 0 Å². The maximum Gasteiger partial charge on any atom is 0.328 e. The van der Waals surface area contributed by atoms with Gasteiger partial charge in [0.2, 0.25) is 0 Å². The quantitative estimate of drug-likeness (QED) is 0.629. The van der Waals surface area contributed by atoms with E-state index < -0.39 is 11.9 Å². The first-order valence-corrected chi connectivity index (χ1v) is 11.7. The predicted octanol–water partition coefficient (Wildman–Crippen LogP) is 4.92. The third kappa shape index (κ3) is 5.46. The summed E-state index contributed by atoms with van der Waals surface area (Å²) in [5.74, 6) is -2.51. The summed E-state index contributed by atoms with van der Waals surface area (Å²) in [5, 5.41) is 15.6. The van der Waals surface area contributed by atoms with Crippen LogP contribution < -0.4 is 0 Å². The Hall–Kier alpha value is -3.22. The summed E-state index contributed by atoms with van der Waals surface area (Å²) in [4.78, 5) is 21.7. The van der Waals surface area contributed by atoms with Crippen molar-refractivity contribution in [1.82, 2.24) is 4.90 Å². The second-order valence-corrected chi connectivity index (χ2v) is 9.26.